The molecule has 1 N–H and O–H groups in total. The fourth-order valence-corrected chi connectivity index (χ4v) is 2.40. The van der Waals surface area contributed by atoms with Gasteiger partial charge in [0, 0.05) is 18.8 Å². The van der Waals surface area contributed by atoms with Gasteiger partial charge in [0.15, 0.2) is 0 Å². The molecule has 0 radical (unpaired) electrons. The van der Waals surface area contributed by atoms with Crippen molar-refractivity contribution in [2.45, 2.75) is 13.1 Å². The van der Waals surface area contributed by atoms with E-state index < -0.39 is 11.7 Å². The van der Waals surface area contributed by atoms with E-state index in [0.717, 1.165) is 18.8 Å². The van der Waals surface area contributed by atoms with Crippen LogP contribution in [0.15, 0.2) is 42.5 Å². The fourth-order valence-electron chi connectivity index (χ4n) is 2.40. The largest absolute Gasteiger partial charge is 0.872 e. The van der Waals surface area contributed by atoms with Crippen molar-refractivity contribution < 1.29 is 15.0 Å². The third-order valence-corrected chi connectivity index (χ3v) is 3.40. The molecule has 4 nitrogen and oxygen atoms in total. The third-order valence-electron chi connectivity index (χ3n) is 3.40. The molecule has 2 aromatic rings. The molecule has 0 aliphatic carbocycles. The number of carboxylic acids is 1. The highest BCUT2D eigenvalue weighted by Gasteiger charge is 2.19. The van der Waals surface area contributed by atoms with Gasteiger partial charge in [0.05, 0.1) is 5.56 Å². The van der Waals surface area contributed by atoms with Crippen LogP contribution >= 0.6 is 0 Å². The number of rotatable bonds is 2. The molecule has 1 aliphatic rings. The molecule has 0 spiro atoms. The second-order valence-electron chi connectivity index (χ2n) is 4.61. The van der Waals surface area contributed by atoms with E-state index in [0.29, 0.717) is 0 Å². The minimum atomic E-state index is -1.18. The van der Waals surface area contributed by atoms with Gasteiger partial charge >= 0.3 is 5.97 Å². The van der Waals surface area contributed by atoms with Gasteiger partial charge in [0.25, 0.3) is 0 Å². The number of fused-ring (bicyclic) bond motifs is 1. The molecule has 4 heteroatoms. The van der Waals surface area contributed by atoms with Crippen molar-refractivity contribution in [2.75, 3.05) is 4.90 Å². The number of carboxylic acid groups (broad SMARTS) is 1. The van der Waals surface area contributed by atoms with Crippen molar-refractivity contribution in [1.29, 1.82) is 0 Å². The first-order valence-electron chi connectivity index (χ1n) is 6.01. The molecule has 1 heterocycles. The van der Waals surface area contributed by atoms with E-state index in [9.17, 15) is 9.90 Å². The number of hydrogen-bond donors (Lipinski definition) is 1. The summed E-state index contributed by atoms with van der Waals surface area (Å²) < 4.78 is 0. The maximum absolute atomic E-state index is 11.4. The first-order chi connectivity index (χ1) is 9.15. The van der Waals surface area contributed by atoms with E-state index in [1.807, 2.05) is 12.1 Å². The number of aromatic carboxylic acids is 1. The van der Waals surface area contributed by atoms with Crippen LogP contribution in [0.3, 0.4) is 0 Å². The summed E-state index contributed by atoms with van der Waals surface area (Å²) in [5, 5.41) is 20.4. The Balaban J connectivity index is 1.93. The second-order valence-corrected chi connectivity index (χ2v) is 4.61. The van der Waals surface area contributed by atoms with Crippen LogP contribution < -0.4 is 10.0 Å². The highest BCUT2D eigenvalue weighted by Crippen LogP contribution is 2.30. The van der Waals surface area contributed by atoms with E-state index in [4.69, 9.17) is 5.11 Å². The van der Waals surface area contributed by atoms with Crippen LogP contribution in [-0.2, 0) is 13.1 Å². The summed E-state index contributed by atoms with van der Waals surface area (Å²) in [6.07, 6.45) is 0. The molecular weight excluding hydrogens is 242 g/mol. The standard InChI is InChI=1S/C15H13NO3/c17-14-6-5-12(7-13(14)15(18)19)16-8-10-3-1-2-4-11(10)9-16/h1-7,17H,8-9H2,(H,18,19)/p-1. The summed E-state index contributed by atoms with van der Waals surface area (Å²) in [5.41, 5.74) is 3.08. The van der Waals surface area contributed by atoms with E-state index in [-0.39, 0.29) is 5.56 Å². The lowest BCUT2D eigenvalue weighted by Crippen LogP contribution is -2.15. The van der Waals surface area contributed by atoms with E-state index in [1.54, 1.807) is 6.07 Å². The fraction of sp³-hybridized carbons (Fsp3) is 0.133. The third kappa shape index (κ3) is 2.01. The Morgan fingerprint density at radius 2 is 1.74 bits per heavy atom. The molecule has 3 rings (SSSR count). The van der Waals surface area contributed by atoms with Crippen LogP contribution in [0.5, 0.6) is 5.75 Å². The lowest BCUT2D eigenvalue weighted by molar-refractivity contribution is -0.268. The van der Waals surface area contributed by atoms with Crippen molar-refractivity contribution in [3.05, 3.63) is 59.2 Å². The molecule has 0 bridgehead atoms. The quantitative estimate of drug-likeness (QED) is 0.890. The Bertz CT molecular complexity index is 627. The molecule has 0 fully saturated rings. The number of hydrogen-bond acceptors (Lipinski definition) is 3. The number of nitrogens with zero attached hydrogens (tertiary/aromatic N) is 1. The molecule has 0 saturated carbocycles. The minimum Gasteiger partial charge on any atom is -0.872 e. The maximum atomic E-state index is 11.4. The number of benzene rings is 2. The SMILES string of the molecule is O=C(O)c1cc(N2Cc3ccccc3C2)ccc1[O-]. The average Bonchev–Trinajstić information content (AvgIpc) is 2.82. The Labute approximate surface area is 110 Å². The summed E-state index contributed by atoms with van der Waals surface area (Å²) in [4.78, 5) is 13.1. The molecule has 96 valence electrons. The van der Waals surface area contributed by atoms with Crippen LogP contribution in [0.4, 0.5) is 5.69 Å². The van der Waals surface area contributed by atoms with Gasteiger partial charge in [-0.05, 0) is 23.3 Å². The minimum absolute atomic E-state index is 0.173. The van der Waals surface area contributed by atoms with Crippen molar-refractivity contribution in [3.8, 4) is 5.75 Å². The van der Waals surface area contributed by atoms with Gasteiger partial charge in [0.2, 0.25) is 0 Å². The average molecular weight is 254 g/mol. The van der Waals surface area contributed by atoms with Gasteiger partial charge in [-0.3, -0.25) is 0 Å². The van der Waals surface area contributed by atoms with Crippen LogP contribution in [0, 0.1) is 0 Å². The zero-order chi connectivity index (χ0) is 13.4. The summed E-state index contributed by atoms with van der Waals surface area (Å²) in [6, 6.07) is 12.6. The highest BCUT2D eigenvalue weighted by atomic mass is 16.4. The van der Waals surface area contributed by atoms with Crippen molar-refractivity contribution in [3.63, 3.8) is 0 Å². The first kappa shape index (κ1) is 11.6. The van der Waals surface area contributed by atoms with E-state index in [1.165, 1.54) is 23.3 Å². The lowest BCUT2D eigenvalue weighted by atomic mass is 10.1. The lowest BCUT2D eigenvalue weighted by Gasteiger charge is -2.20. The number of anilines is 1. The van der Waals surface area contributed by atoms with Crippen LogP contribution in [0.2, 0.25) is 0 Å². The molecule has 0 unspecified atom stereocenters. The summed E-state index contributed by atoms with van der Waals surface area (Å²) in [6.45, 7) is 1.49. The normalized spacial score (nSPS) is 13.4. The molecule has 0 amide bonds. The van der Waals surface area contributed by atoms with Crippen molar-refractivity contribution in [2.24, 2.45) is 0 Å². The maximum Gasteiger partial charge on any atom is 0.335 e. The molecule has 2 aromatic carbocycles. The summed E-state index contributed by atoms with van der Waals surface area (Å²) >= 11 is 0. The Kier molecular flexibility index (Phi) is 2.63. The van der Waals surface area contributed by atoms with Gasteiger partial charge in [-0.25, -0.2) is 4.79 Å². The van der Waals surface area contributed by atoms with Gasteiger partial charge in [-0.1, -0.05) is 36.1 Å². The van der Waals surface area contributed by atoms with Crippen LogP contribution in [-0.4, -0.2) is 11.1 Å². The van der Waals surface area contributed by atoms with Crippen LogP contribution in [0.1, 0.15) is 21.5 Å². The zero-order valence-corrected chi connectivity index (χ0v) is 10.2. The zero-order valence-electron chi connectivity index (χ0n) is 10.2. The smallest absolute Gasteiger partial charge is 0.335 e. The Morgan fingerprint density at radius 3 is 2.32 bits per heavy atom. The van der Waals surface area contributed by atoms with Gasteiger partial charge < -0.3 is 15.1 Å². The van der Waals surface area contributed by atoms with Gasteiger partial charge in [0.1, 0.15) is 0 Å². The molecule has 0 atom stereocenters. The monoisotopic (exact) mass is 254 g/mol. The highest BCUT2D eigenvalue weighted by molar-refractivity contribution is 5.91. The van der Waals surface area contributed by atoms with Crippen LogP contribution in [0.25, 0.3) is 0 Å². The first-order valence-corrected chi connectivity index (χ1v) is 6.01. The Morgan fingerprint density at radius 1 is 1.11 bits per heavy atom. The molecule has 0 aromatic heterocycles. The molecular formula is C15H12NO3-. The summed E-state index contributed by atoms with van der Waals surface area (Å²) in [7, 11) is 0. The Hall–Kier alpha value is -2.49. The summed E-state index contributed by atoms with van der Waals surface area (Å²) in [5.74, 6) is -1.63. The van der Waals surface area contributed by atoms with Crippen molar-refractivity contribution in [1.82, 2.24) is 0 Å². The molecule has 19 heavy (non-hydrogen) atoms. The predicted molar refractivity (Wildman–Crippen MR) is 69.2 cm³/mol. The molecule has 1 aliphatic heterocycles. The second kappa shape index (κ2) is 4.31. The number of carbonyl (C=O) groups is 1. The molecule has 0 saturated heterocycles. The van der Waals surface area contributed by atoms with E-state index >= 15 is 0 Å². The van der Waals surface area contributed by atoms with Gasteiger partial charge in [-0.2, -0.15) is 0 Å². The predicted octanol–water partition coefficient (Wildman–Crippen LogP) is 1.98. The van der Waals surface area contributed by atoms with E-state index in [2.05, 4.69) is 17.0 Å². The topological polar surface area (TPSA) is 63.6 Å². The van der Waals surface area contributed by atoms with Gasteiger partial charge in [-0.15, -0.1) is 0 Å². The van der Waals surface area contributed by atoms with Crippen molar-refractivity contribution >= 4 is 11.7 Å².